The van der Waals surface area contributed by atoms with E-state index in [1.165, 1.54) is 72.1 Å². The third-order valence-corrected chi connectivity index (χ3v) is 10.3. The van der Waals surface area contributed by atoms with E-state index in [0.29, 0.717) is 28.6 Å². The van der Waals surface area contributed by atoms with Gasteiger partial charge in [0, 0.05) is 17.3 Å². The van der Waals surface area contributed by atoms with Crippen molar-refractivity contribution in [3.8, 4) is 11.5 Å². The summed E-state index contributed by atoms with van der Waals surface area (Å²) in [6.07, 6.45) is 0.536. The first-order valence-electron chi connectivity index (χ1n) is 12.8. The molecule has 1 aliphatic heterocycles. The summed E-state index contributed by atoms with van der Waals surface area (Å²) in [5.74, 6) is 0.200. The number of halogens is 2. The van der Waals surface area contributed by atoms with Gasteiger partial charge in [-0.05, 0) is 90.8 Å². The Bertz CT molecular complexity index is 1880. The molecule has 0 unspecified atom stereocenters. The summed E-state index contributed by atoms with van der Waals surface area (Å²) < 4.78 is 66.4. The minimum absolute atomic E-state index is 0.0208. The van der Waals surface area contributed by atoms with Crippen LogP contribution in [0.4, 0.5) is 17.1 Å². The topological polar surface area (TPSA) is 131 Å². The molecule has 0 atom stereocenters. The number of carbonyl (C=O) groups excluding carboxylic acids is 1. The summed E-state index contributed by atoms with van der Waals surface area (Å²) >= 11 is 12.0. The molecule has 2 N–H and O–H groups in total. The van der Waals surface area contributed by atoms with E-state index < -0.39 is 26.0 Å². The molecule has 224 valence electrons. The van der Waals surface area contributed by atoms with Gasteiger partial charge in [-0.1, -0.05) is 29.3 Å². The fourth-order valence-corrected chi connectivity index (χ4v) is 7.34. The van der Waals surface area contributed by atoms with Gasteiger partial charge >= 0.3 is 0 Å². The Morgan fingerprint density at radius 2 is 1.53 bits per heavy atom. The van der Waals surface area contributed by atoms with Crippen molar-refractivity contribution in [2.45, 2.75) is 16.2 Å². The fraction of sp³-hybridized carbons (Fsp3) is 0.138. The number of nitrogens with zero attached hydrogens (tertiary/aromatic N) is 1. The van der Waals surface area contributed by atoms with Gasteiger partial charge in [0.05, 0.1) is 33.3 Å². The molecule has 0 fully saturated rings. The summed E-state index contributed by atoms with van der Waals surface area (Å²) in [5, 5.41) is 3.39. The molecule has 43 heavy (non-hydrogen) atoms. The molecule has 1 aliphatic rings. The highest BCUT2D eigenvalue weighted by Crippen LogP contribution is 2.35. The van der Waals surface area contributed by atoms with Crippen molar-refractivity contribution in [1.29, 1.82) is 0 Å². The quantitative estimate of drug-likeness (QED) is 0.227. The van der Waals surface area contributed by atoms with Crippen LogP contribution in [-0.2, 0) is 31.3 Å². The number of ether oxygens (including phenoxy) is 2. The Balaban J connectivity index is 1.20. The van der Waals surface area contributed by atoms with Crippen LogP contribution < -0.4 is 23.8 Å². The number of anilines is 3. The van der Waals surface area contributed by atoms with Gasteiger partial charge in [0.25, 0.3) is 26.0 Å². The van der Waals surface area contributed by atoms with Crippen molar-refractivity contribution < 1.29 is 31.1 Å². The van der Waals surface area contributed by atoms with E-state index in [1.54, 1.807) is 24.3 Å². The number of fused-ring (bicyclic) bond motifs is 1. The Labute approximate surface area is 259 Å². The maximum atomic E-state index is 13.2. The molecule has 0 spiro atoms. The van der Waals surface area contributed by atoms with E-state index in [9.17, 15) is 21.6 Å². The van der Waals surface area contributed by atoms with Gasteiger partial charge in [-0.15, -0.1) is 0 Å². The lowest BCUT2D eigenvalue weighted by Gasteiger charge is -2.20. The van der Waals surface area contributed by atoms with Gasteiger partial charge in [0.2, 0.25) is 0 Å². The lowest BCUT2D eigenvalue weighted by atomic mass is 10.1. The van der Waals surface area contributed by atoms with Crippen LogP contribution in [0.15, 0.2) is 94.7 Å². The molecule has 0 saturated carbocycles. The number of sulfonamides is 2. The lowest BCUT2D eigenvalue weighted by molar-refractivity contribution is -0.118. The van der Waals surface area contributed by atoms with E-state index in [4.69, 9.17) is 32.7 Å². The molecule has 0 radical (unpaired) electrons. The zero-order valence-electron chi connectivity index (χ0n) is 22.6. The van der Waals surface area contributed by atoms with Crippen LogP contribution >= 0.6 is 23.2 Å². The Kier molecular flexibility index (Phi) is 8.74. The zero-order valence-corrected chi connectivity index (χ0v) is 25.7. The van der Waals surface area contributed by atoms with Crippen molar-refractivity contribution >= 4 is 66.2 Å². The molecule has 1 heterocycles. The van der Waals surface area contributed by atoms with Crippen LogP contribution in [0.2, 0.25) is 10.0 Å². The van der Waals surface area contributed by atoms with Gasteiger partial charge in [-0.2, -0.15) is 0 Å². The monoisotopic (exact) mass is 661 g/mol. The summed E-state index contributed by atoms with van der Waals surface area (Å²) in [5.41, 5.74) is 1.99. The smallest absolute Gasteiger partial charge is 0.264 e. The highest BCUT2D eigenvalue weighted by molar-refractivity contribution is 7.93. The summed E-state index contributed by atoms with van der Waals surface area (Å²) in [7, 11) is -6.28. The summed E-state index contributed by atoms with van der Waals surface area (Å²) in [6, 6.07) is 21.1. The van der Waals surface area contributed by atoms with Crippen LogP contribution in [0, 0.1) is 0 Å². The highest BCUT2D eigenvalue weighted by Gasteiger charge is 2.31. The minimum atomic E-state index is -3.92. The number of benzene rings is 4. The van der Waals surface area contributed by atoms with E-state index >= 15 is 0 Å². The zero-order chi connectivity index (χ0) is 30.8. The molecule has 4 aromatic carbocycles. The lowest BCUT2D eigenvalue weighted by Crippen LogP contribution is -2.29. The van der Waals surface area contributed by atoms with Crippen LogP contribution in [0.25, 0.3) is 0 Å². The van der Waals surface area contributed by atoms with Crippen molar-refractivity contribution in [2.75, 3.05) is 34.6 Å². The van der Waals surface area contributed by atoms with Gasteiger partial charge in [0.15, 0.2) is 6.61 Å². The maximum Gasteiger partial charge on any atom is 0.264 e. The van der Waals surface area contributed by atoms with E-state index in [1.807, 2.05) is 0 Å². The van der Waals surface area contributed by atoms with Gasteiger partial charge in [-0.3, -0.25) is 13.8 Å². The predicted molar refractivity (Wildman–Crippen MR) is 166 cm³/mol. The average molecular weight is 663 g/mol. The number of methoxy groups -OCH3 is 1. The molecule has 14 heteroatoms. The minimum Gasteiger partial charge on any atom is -0.495 e. The maximum absolute atomic E-state index is 13.2. The van der Waals surface area contributed by atoms with Gasteiger partial charge in [-0.25, -0.2) is 16.8 Å². The Hall–Kier alpha value is -3.97. The first-order valence-corrected chi connectivity index (χ1v) is 16.4. The largest absolute Gasteiger partial charge is 0.495 e. The van der Waals surface area contributed by atoms with Crippen LogP contribution in [0.5, 0.6) is 11.5 Å². The van der Waals surface area contributed by atoms with E-state index in [2.05, 4.69) is 10.0 Å². The molecule has 0 aromatic heterocycles. The number of amides is 1. The SMILES string of the molecule is COc1ccc(NS(=O)(=O)c2ccc(OCC(=O)Nc3ccc4c(c3)N(S(=O)(=O)c3ccc(Cl)cc3)CC4)cc2)cc1Cl. The molecule has 4 aromatic rings. The number of rotatable bonds is 10. The molecule has 1 amide bonds. The highest BCUT2D eigenvalue weighted by atomic mass is 35.5. The molecule has 0 saturated heterocycles. The third kappa shape index (κ3) is 6.83. The van der Waals surface area contributed by atoms with E-state index in [-0.39, 0.29) is 39.4 Å². The standard InChI is InChI=1S/C29H25Cl2N3O7S2/c1-40-28-13-6-22(16-26(28)31)33-42(36,37)24-11-7-23(8-12-24)41-18-29(35)32-21-5-2-19-14-15-34(27(19)17-21)43(38,39)25-9-3-20(30)4-10-25/h2-13,16-17,33H,14-15,18H2,1H3,(H,32,35). The van der Waals surface area contributed by atoms with Crippen molar-refractivity contribution in [3.05, 3.63) is 101 Å². The van der Waals surface area contributed by atoms with Crippen LogP contribution in [0.1, 0.15) is 5.56 Å². The number of hydrogen-bond donors (Lipinski definition) is 2. The predicted octanol–water partition coefficient (Wildman–Crippen LogP) is 5.57. The third-order valence-electron chi connectivity index (χ3n) is 6.53. The average Bonchev–Trinajstić information content (AvgIpc) is 3.41. The number of nitrogens with one attached hydrogen (secondary N) is 2. The van der Waals surface area contributed by atoms with Gasteiger partial charge in [0.1, 0.15) is 11.5 Å². The van der Waals surface area contributed by atoms with E-state index in [0.717, 1.165) is 5.56 Å². The van der Waals surface area contributed by atoms with Gasteiger partial charge < -0.3 is 14.8 Å². The van der Waals surface area contributed by atoms with Crippen molar-refractivity contribution in [2.24, 2.45) is 0 Å². The van der Waals surface area contributed by atoms with Crippen LogP contribution in [0.3, 0.4) is 0 Å². The molecule has 5 rings (SSSR count). The summed E-state index contributed by atoms with van der Waals surface area (Å²) in [6.45, 7) is -0.0888. The number of hydrogen-bond acceptors (Lipinski definition) is 7. The molecule has 0 bridgehead atoms. The van der Waals surface area contributed by atoms with Crippen molar-refractivity contribution in [3.63, 3.8) is 0 Å². The first-order chi connectivity index (χ1) is 20.5. The second-order valence-electron chi connectivity index (χ2n) is 9.39. The molecule has 10 nitrogen and oxygen atoms in total. The van der Waals surface area contributed by atoms with Crippen LogP contribution in [-0.4, -0.2) is 43.0 Å². The molecular weight excluding hydrogens is 637 g/mol. The first kappa shape index (κ1) is 30.5. The second kappa shape index (κ2) is 12.3. The Morgan fingerprint density at radius 3 is 2.21 bits per heavy atom. The molecule has 0 aliphatic carbocycles. The Morgan fingerprint density at radius 1 is 0.860 bits per heavy atom. The normalized spacial score (nSPS) is 12.9. The van der Waals surface area contributed by atoms with Crippen molar-refractivity contribution in [1.82, 2.24) is 0 Å². The summed E-state index contributed by atoms with van der Waals surface area (Å²) in [4.78, 5) is 12.7. The fourth-order valence-electron chi connectivity index (χ4n) is 4.42. The number of carbonyl (C=O) groups is 1. The molecular formula is C29H25Cl2N3O7S2. The second-order valence-corrected chi connectivity index (χ2v) is 13.8.